The van der Waals surface area contributed by atoms with Crippen molar-refractivity contribution in [3.8, 4) is 5.75 Å². The fraction of sp³-hybridized carbons (Fsp3) is 0.556. The Morgan fingerprint density at radius 1 is 1.05 bits per heavy atom. The van der Waals surface area contributed by atoms with Gasteiger partial charge in [-0.25, -0.2) is 0 Å². The molecule has 21 heavy (non-hydrogen) atoms. The zero-order valence-corrected chi connectivity index (χ0v) is 13.0. The SMILES string of the molecule is COC(=C1C2CC3CC(C2)CC1C3)c1cccc([O-])c1.[Li+]. The Kier molecular flexibility index (Phi) is 4.12. The average Bonchev–Trinajstić information content (AvgIpc) is 2.42. The molecule has 1 aromatic rings. The molecule has 0 spiro atoms. The van der Waals surface area contributed by atoms with Gasteiger partial charge in [-0.05, 0) is 61.3 Å². The summed E-state index contributed by atoms with van der Waals surface area (Å²) in [4.78, 5) is 0. The Labute approximate surface area is 138 Å². The van der Waals surface area contributed by atoms with Crippen LogP contribution in [-0.4, -0.2) is 7.11 Å². The van der Waals surface area contributed by atoms with Crippen molar-refractivity contribution in [1.29, 1.82) is 0 Å². The summed E-state index contributed by atoms with van der Waals surface area (Å²) in [6.45, 7) is 0. The first-order valence-corrected chi connectivity index (χ1v) is 7.80. The smallest absolute Gasteiger partial charge is 0.872 e. The van der Waals surface area contributed by atoms with Gasteiger partial charge in [0, 0.05) is 5.56 Å². The van der Waals surface area contributed by atoms with E-state index >= 15 is 0 Å². The van der Waals surface area contributed by atoms with Crippen molar-refractivity contribution in [2.45, 2.75) is 32.1 Å². The van der Waals surface area contributed by atoms with Gasteiger partial charge in [-0.3, -0.25) is 0 Å². The van der Waals surface area contributed by atoms with Gasteiger partial charge >= 0.3 is 18.9 Å². The number of ether oxygens (including phenoxy) is 1. The molecule has 3 heteroatoms. The molecule has 0 unspecified atom stereocenters. The normalized spacial score (nSPS) is 32.7. The number of benzene rings is 1. The van der Waals surface area contributed by atoms with Crippen molar-refractivity contribution in [2.75, 3.05) is 7.11 Å². The minimum atomic E-state index is 0. The predicted molar refractivity (Wildman–Crippen MR) is 76.9 cm³/mol. The van der Waals surface area contributed by atoms with E-state index in [9.17, 15) is 5.11 Å². The molecule has 0 radical (unpaired) electrons. The molecule has 0 heterocycles. The monoisotopic (exact) mass is 276 g/mol. The van der Waals surface area contributed by atoms with E-state index in [1.165, 1.54) is 37.7 Å². The summed E-state index contributed by atoms with van der Waals surface area (Å²) in [6.07, 6.45) is 6.82. The Hall–Kier alpha value is -0.843. The van der Waals surface area contributed by atoms with E-state index < -0.39 is 0 Å². The summed E-state index contributed by atoms with van der Waals surface area (Å²) in [5.74, 6) is 4.38. The van der Waals surface area contributed by atoms with Gasteiger partial charge in [0.2, 0.25) is 0 Å². The van der Waals surface area contributed by atoms with Gasteiger partial charge < -0.3 is 9.84 Å². The topological polar surface area (TPSA) is 32.3 Å². The van der Waals surface area contributed by atoms with Crippen LogP contribution in [0.15, 0.2) is 29.8 Å². The number of allylic oxidation sites excluding steroid dienone is 1. The average molecular weight is 276 g/mol. The van der Waals surface area contributed by atoms with Gasteiger partial charge in [-0.2, -0.15) is 0 Å². The predicted octanol–water partition coefficient (Wildman–Crippen LogP) is 0.578. The van der Waals surface area contributed by atoms with Crippen molar-refractivity contribution in [1.82, 2.24) is 0 Å². The van der Waals surface area contributed by atoms with Gasteiger partial charge in [0.15, 0.2) is 0 Å². The van der Waals surface area contributed by atoms with Crippen LogP contribution in [0.3, 0.4) is 0 Å². The van der Waals surface area contributed by atoms with E-state index in [4.69, 9.17) is 4.74 Å². The van der Waals surface area contributed by atoms with Crippen molar-refractivity contribution >= 4 is 5.76 Å². The molecule has 0 aliphatic heterocycles. The maximum absolute atomic E-state index is 11.6. The molecule has 4 aliphatic carbocycles. The first kappa shape index (κ1) is 15.1. The van der Waals surface area contributed by atoms with E-state index in [1.807, 2.05) is 12.1 Å². The minimum absolute atomic E-state index is 0. The van der Waals surface area contributed by atoms with Crippen LogP contribution in [0, 0.1) is 23.7 Å². The fourth-order valence-corrected chi connectivity index (χ4v) is 5.10. The molecule has 4 fully saturated rings. The second kappa shape index (κ2) is 5.74. The van der Waals surface area contributed by atoms with Crippen molar-refractivity contribution in [3.63, 3.8) is 0 Å². The number of rotatable bonds is 2. The van der Waals surface area contributed by atoms with E-state index in [-0.39, 0.29) is 24.6 Å². The molecule has 2 nitrogen and oxygen atoms in total. The molecule has 106 valence electrons. The molecule has 4 bridgehead atoms. The zero-order chi connectivity index (χ0) is 13.7. The van der Waals surface area contributed by atoms with Crippen LogP contribution in [0.1, 0.15) is 37.7 Å². The second-order valence-electron chi connectivity index (χ2n) is 6.82. The largest absolute Gasteiger partial charge is 1.00 e. The third kappa shape index (κ3) is 2.54. The molecular formula is C18H21LiO2. The molecule has 4 saturated carbocycles. The van der Waals surface area contributed by atoms with E-state index in [0.29, 0.717) is 11.8 Å². The molecule has 0 amide bonds. The molecule has 5 rings (SSSR count). The van der Waals surface area contributed by atoms with E-state index in [1.54, 1.807) is 19.2 Å². The molecule has 1 aromatic carbocycles. The Morgan fingerprint density at radius 2 is 1.67 bits per heavy atom. The quantitative estimate of drug-likeness (QED) is 0.584. The summed E-state index contributed by atoms with van der Waals surface area (Å²) >= 11 is 0. The Morgan fingerprint density at radius 3 is 2.19 bits per heavy atom. The van der Waals surface area contributed by atoms with Gasteiger partial charge in [0.1, 0.15) is 5.76 Å². The van der Waals surface area contributed by atoms with Crippen LogP contribution in [0.5, 0.6) is 5.75 Å². The number of hydrogen-bond donors (Lipinski definition) is 0. The molecule has 0 saturated heterocycles. The van der Waals surface area contributed by atoms with Crippen LogP contribution >= 0.6 is 0 Å². The van der Waals surface area contributed by atoms with Crippen molar-refractivity contribution < 1.29 is 28.7 Å². The van der Waals surface area contributed by atoms with Crippen molar-refractivity contribution in [3.05, 3.63) is 35.4 Å². The number of methoxy groups -OCH3 is 1. The first-order valence-electron chi connectivity index (χ1n) is 7.80. The van der Waals surface area contributed by atoms with Crippen LogP contribution in [0.4, 0.5) is 0 Å². The standard InChI is InChI=1S/C18H22O2.Li/c1-20-18(13-3-2-4-16(19)10-13)17-14-6-11-5-12(8-14)9-15(17)7-11;/h2-4,10-12,14-15,19H,5-9H2,1H3;/q;+1/p-1. The molecular weight excluding hydrogens is 255 g/mol. The zero-order valence-electron chi connectivity index (χ0n) is 13.0. The maximum Gasteiger partial charge on any atom is 1.00 e. The first-order chi connectivity index (χ1) is 9.74. The van der Waals surface area contributed by atoms with Crippen LogP contribution in [0.2, 0.25) is 0 Å². The Bertz CT molecular complexity index is 534. The summed E-state index contributed by atoms with van der Waals surface area (Å²) < 4.78 is 5.76. The van der Waals surface area contributed by atoms with E-state index in [0.717, 1.165) is 23.2 Å². The third-order valence-corrected chi connectivity index (χ3v) is 5.58. The summed E-state index contributed by atoms with van der Waals surface area (Å²) in [5, 5.41) is 11.6. The Balaban J connectivity index is 0.00000132. The molecule has 4 aliphatic rings. The van der Waals surface area contributed by atoms with Crippen molar-refractivity contribution in [2.24, 2.45) is 23.7 Å². The molecule has 0 N–H and O–H groups in total. The number of hydrogen-bond acceptors (Lipinski definition) is 2. The fourth-order valence-electron chi connectivity index (χ4n) is 5.10. The molecule has 0 aromatic heterocycles. The minimum Gasteiger partial charge on any atom is -0.872 e. The van der Waals surface area contributed by atoms with E-state index in [2.05, 4.69) is 0 Å². The maximum atomic E-state index is 11.6. The van der Waals surface area contributed by atoms with Gasteiger partial charge in [-0.1, -0.05) is 24.3 Å². The summed E-state index contributed by atoms with van der Waals surface area (Å²) in [7, 11) is 1.75. The van der Waals surface area contributed by atoms with Crippen LogP contribution in [0.25, 0.3) is 5.76 Å². The van der Waals surface area contributed by atoms with Gasteiger partial charge in [-0.15, -0.1) is 5.75 Å². The molecule has 0 atom stereocenters. The summed E-state index contributed by atoms with van der Waals surface area (Å²) in [5.41, 5.74) is 2.49. The van der Waals surface area contributed by atoms with Crippen LogP contribution < -0.4 is 24.0 Å². The third-order valence-electron chi connectivity index (χ3n) is 5.58. The summed E-state index contributed by atoms with van der Waals surface area (Å²) in [6, 6.07) is 7.18. The van der Waals surface area contributed by atoms with Gasteiger partial charge in [0.25, 0.3) is 0 Å². The second-order valence-corrected chi connectivity index (χ2v) is 6.82. The van der Waals surface area contributed by atoms with Crippen LogP contribution in [-0.2, 0) is 4.74 Å². The van der Waals surface area contributed by atoms with Gasteiger partial charge in [0.05, 0.1) is 7.11 Å².